The van der Waals surface area contributed by atoms with Crippen molar-refractivity contribution >= 4 is 18.2 Å². The number of nitrogens with one attached hydrogen (secondary N) is 1. The Kier molecular flexibility index (Phi) is 5.40. The molecule has 7 heteroatoms. The lowest BCUT2D eigenvalue weighted by molar-refractivity contribution is 0.273. The van der Waals surface area contributed by atoms with Gasteiger partial charge in [0.05, 0.1) is 7.11 Å². The van der Waals surface area contributed by atoms with E-state index in [1.165, 1.54) is 0 Å². The zero-order chi connectivity index (χ0) is 13.8. The lowest BCUT2D eigenvalue weighted by atomic mass is 10.2. The summed E-state index contributed by atoms with van der Waals surface area (Å²) in [4.78, 5) is 4.18. The van der Waals surface area contributed by atoms with Crippen molar-refractivity contribution in [2.75, 3.05) is 7.11 Å². The van der Waals surface area contributed by atoms with Crippen molar-refractivity contribution in [3.63, 3.8) is 0 Å². The smallest absolute Gasteiger partial charge is 0.161 e. The highest BCUT2D eigenvalue weighted by Gasteiger charge is 2.08. The quantitative estimate of drug-likeness (QED) is 0.650. The zero-order valence-electron chi connectivity index (χ0n) is 11.3. The Morgan fingerprint density at radius 1 is 1.40 bits per heavy atom. The van der Waals surface area contributed by atoms with Crippen LogP contribution in [0.3, 0.4) is 0 Å². The highest BCUT2D eigenvalue weighted by molar-refractivity contribution is 5.95. The monoisotopic (exact) mass is 296 g/mol. The molecule has 0 aliphatic rings. The maximum absolute atomic E-state index is 7.39. The fourth-order valence-electron chi connectivity index (χ4n) is 1.63. The number of aryl methyl sites for hydroxylation is 1. The topological polar surface area (TPSA) is 86.2 Å². The van der Waals surface area contributed by atoms with Gasteiger partial charge < -0.3 is 19.8 Å². The Bertz CT molecular complexity index is 598. The second kappa shape index (κ2) is 6.81. The molecule has 0 spiro atoms. The average molecular weight is 297 g/mol. The van der Waals surface area contributed by atoms with Gasteiger partial charge in [0.1, 0.15) is 18.3 Å². The van der Waals surface area contributed by atoms with E-state index < -0.39 is 0 Å². The molecule has 0 fully saturated rings. The maximum atomic E-state index is 7.39. The minimum atomic E-state index is -0.00560. The Hall–Kier alpha value is -2.21. The molecule has 0 unspecified atom stereocenters. The summed E-state index contributed by atoms with van der Waals surface area (Å²) in [5.41, 5.74) is 6.03. The summed E-state index contributed by atoms with van der Waals surface area (Å²) in [6, 6.07) is 5.13. The van der Waals surface area contributed by atoms with Crippen molar-refractivity contribution in [1.29, 1.82) is 5.41 Å². The lowest BCUT2D eigenvalue weighted by Gasteiger charge is -2.11. The average Bonchev–Trinajstić information content (AvgIpc) is 2.81. The zero-order valence-corrected chi connectivity index (χ0v) is 12.1. The van der Waals surface area contributed by atoms with Crippen LogP contribution in [0.25, 0.3) is 0 Å². The molecule has 20 heavy (non-hydrogen) atoms. The molecule has 1 heterocycles. The number of amidine groups is 1. The minimum absolute atomic E-state index is 0. The number of nitrogen functional groups attached to an aromatic ring is 1. The summed E-state index contributed by atoms with van der Waals surface area (Å²) in [5, 5.41) is 7.39. The van der Waals surface area contributed by atoms with Gasteiger partial charge in [-0.3, -0.25) is 5.41 Å². The van der Waals surface area contributed by atoms with E-state index >= 15 is 0 Å². The number of halogens is 1. The normalized spacial score (nSPS) is 9.70. The highest BCUT2D eigenvalue weighted by Crippen LogP contribution is 2.28. The van der Waals surface area contributed by atoms with Crippen LogP contribution in [0.15, 0.2) is 30.6 Å². The van der Waals surface area contributed by atoms with Gasteiger partial charge in [-0.25, -0.2) is 4.98 Å². The molecule has 1 aromatic carbocycles. The first kappa shape index (κ1) is 15.8. The molecule has 3 N–H and O–H groups in total. The number of aromatic nitrogens is 2. The second-order valence-electron chi connectivity index (χ2n) is 4.02. The van der Waals surface area contributed by atoms with Gasteiger partial charge in [0, 0.05) is 25.0 Å². The third kappa shape index (κ3) is 3.42. The van der Waals surface area contributed by atoms with Crippen LogP contribution in [-0.2, 0) is 13.7 Å². The van der Waals surface area contributed by atoms with Crippen LogP contribution in [0.1, 0.15) is 11.4 Å². The first-order valence-electron chi connectivity index (χ1n) is 5.73. The first-order chi connectivity index (χ1) is 9.11. The molecule has 2 rings (SSSR count). The number of hydrogen-bond donors (Lipinski definition) is 2. The van der Waals surface area contributed by atoms with Crippen molar-refractivity contribution in [3.8, 4) is 11.5 Å². The molecular weight excluding hydrogens is 280 g/mol. The van der Waals surface area contributed by atoms with E-state index in [1.54, 1.807) is 31.5 Å². The summed E-state index contributed by atoms with van der Waals surface area (Å²) in [6.45, 7) is 0.347. The van der Waals surface area contributed by atoms with Crippen LogP contribution in [0.4, 0.5) is 0 Å². The Morgan fingerprint density at radius 3 is 2.70 bits per heavy atom. The van der Waals surface area contributed by atoms with E-state index in [1.807, 2.05) is 17.8 Å². The van der Waals surface area contributed by atoms with Crippen molar-refractivity contribution in [2.24, 2.45) is 12.8 Å². The Labute approximate surface area is 123 Å². The second-order valence-corrected chi connectivity index (χ2v) is 4.02. The lowest BCUT2D eigenvalue weighted by Crippen LogP contribution is -2.11. The van der Waals surface area contributed by atoms with E-state index in [0.29, 0.717) is 23.7 Å². The van der Waals surface area contributed by atoms with Gasteiger partial charge in [-0.2, -0.15) is 0 Å². The molecule has 6 nitrogen and oxygen atoms in total. The Balaban J connectivity index is 0.00000200. The van der Waals surface area contributed by atoms with Crippen LogP contribution in [-0.4, -0.2) is 22.5 Å². The van der Waals surface area contributed by atoms with Gasteiger partial charge in [-0.1, -0.05) is 0 Å². The third-order valence-electron chi connectivity index (χ3n) is 2.75. The van der Waals surface area contributed by atoms with E-state index in [-0.39, 0.29) is 18.2 Å². The van der Waals surface area contributed by atoms with Crippen LogP contribution in [0.2, 0.25) is 0 Å². The standard InChI is InChI=1S/C13H16N4O2.ClH/c1-17-6-5-16-12(17)8-19-10-4-3-9(13(14)15)7-11(10)18-2;/h3-7H,8H2,1-2H3,(H3,14,15);1H. The van der Waals surface area contributed by atoms with Gasteiger partial charge in [-0.15, -0.1) is 12.4 Å². The van der Waals surface area contributed by atoms with E-state index in [4.69, 9.17) is 20.6 Å². The summed E-state index contributed by atoms with van der Waals surface area (Å²) < 4.78 is 12.8. The van der Waals surface area contributed by atoms with Crippen LogP contribution in [0.5, 0.6) is 11.5 Å². The van der Waals surface area contributed by atoms with E-state index in [0.717, 1.165) is 5.82 Å². The number of benzene rings is 1. The summed E-state index contributed by atoms with van der Waals surface area (Å²) in [7, 11) is 3.45. The van der Waals surface area contributed by atoms with Gasteiger partial charge in [-0.05, 0) is 18.2 Å². The molecule has 0 radical (unpaired) electrons. The fourth-order valence-corrected chi connectivity index (χ4v) is 1.63. The summed E-state index contributed by atoms with van der Waals surface area (Å²) in [6.07, 6.45) is 3.57. The van der Waals surface area contributed by atoms with Gasteiger partial charge in [0.25, 0.3) is 0 Å². The molecular formula is C13H17ClN4O2. The van der Waals surface area contributed by atoms with Crippen LogP contribution < -0.4 is 15.2 Å². The largest absolute Gasteiger partial charge is 0.493 e. The molecule has 0 atom stereocenters. The predicted molar refractivity (Wildman–Crippen MR) is 78.8 cm³/mol. The third-order valence-corrected chi connectivity index (χ3v) is 2.75. The first-order valence-corrected chi connectivity index (χ1v) is 5.73. The van der Waals surface area contributed by atoms with E-state index in [9.17, 15) is 0 Å². The number of methoxy groups -OCH3 is 1. The number of hydrogen-bond acceptors (Lipinski definition) is 4. The van der Waals surface area contributed by atoms with Gasteiger partial charge >= 0.3 is 0 Å². The van der Waals surface area contributed by atoms with Crippen molar-refractivity contribution in [2.45, 2.75) is 6.61 Å². The van der Waals surface area contributed by atoms with Gasteiger partial charge in [0.15, 0.2) is 11.5 Å². The van der Waals surface area contributed by atoms with Crippen LogP contribution >= 0.6 is 12.4 Å². The SMILES string of the molecule is COc1cc(C(=N)N)ccc1OCc1nccn1C.Cl. The molecule has 0 saturated heterocycles. The van der Waals surface area contributed by atoms with Crippen LogP contribution in [0, 0.1) is 5.41 Å². The molecule has 1 aromatic heterocycles. The molecule has 108 valence electrons. The molecule has 0 aliphatic heterocycles. The number of rotatable bonds is 5. The van der Waals surface area contributed by atoms with E-state index in [2.05, 4.69) is 4.98 Å². The fraction of sp³-hybridized carbons (Fsp3) is 0.231. The number of nitrogens with two attached hydrogens (primary N) is 1. The highest BCUT2D eigenvalue weighted by atomic mass is 35.5. The number of nitrogens with zero attached hydrogens (tertiary/aromatic N) is 2. The number of ether oxygens (including phenoxy) is 2. The van der Waals surface area contributed by atoms with Gasteiger partial charge in [0.2, 0.25) is 0 Å². The molecule has 0 amide bonds. The number of imidazole rings is 1. The summed E-state index contributed by atoms with van der Waals surface area (Å²) >= 11 is 0. The van der Waals surface area contributed by atoms with Crippen molar-refractivity contribution in [1.82, 2.24) is 9.55 Å². The molecule has 0 aliphatic carbocycles. The summed E-state index contributed by atoms with van der Waals surface area (Å²) in [5.74, 6) is 1.95. The maximum Gasteiger partial charge on any atom is 0.161 e. The predicted octanol–water partition coefficient (Wildman–Crippen LogP) is 1.71. The minimum Gasteiger partial charge on any atom is -0.493 e. The Morgan fingerprint density at radius 2 is 2.15 bits per heavy atom. The molecule has 0 saturated carbocycles. The van der Waals surface area contributed by atoms with Crippen molar-refractivity contribution < 1.29 is 9.47 Å². The van der Waals surface area contributed by atoms with Crippen molar-refractivity contribution in [3.05, 3.63) is 42.0 Å². The molecule has 0 bridgehead atoms. The molecule has 2 aromatic rings.